The van der Waals surface area contributed by atoms with E-state index in [0.717, 1.165) is 0 Å². The van der Waals surface area contributed by atoms with Crippen molar-refractivity contribution in [3.8, 4) is 0 Å². The van der Waals surface area contributed by atoms with Crippen LogP contribution >= 0.6 is 15.9 Å². The number of hydrogen-bond acceptors (Lipinski definition) is 5. The van der Waals surface area contributed by atoms with Gasteiger partial charge in [0.25, 0.3) is 0 Å². The topological polar surface area (TPSA) is 72.5 Å². The van der Waals surface area contributed by atoms with Crippen LogP contribution in [0.4, 0.5) is 5.69 Å². The quantitative estimate of drug-likeness (QED) is 0.603. The molecule has 0 atom stereocenters. The van der Waals surface area contributed by atoms with Crippen molar-refractivity contribution in [2.75, 3.05) is 5.32 Å². The normalized spacial score (nSPS) is 15.6. The van der Waals surface area contributed by atoms with Gasteiger partial charge in [-0.1, -0.05) is 6.07 Å². The van der Waals surface area contributed by atoms with Crippen molar-refractivity contribution in [3.05, 3.63) is 51.2 Å². The number of ketones is 2. The number of halogens is 1. The van der Waals surface area contributed by atoms with Crippen LogP contribution in [-0.2, 0) is 14.3 Å². The monoisotopic (exact) mass is 405 g/mol. The second-order valence-corrected chi connectivity index (χ2v) is 7.60. The Balaban J connectivity index is 2.30. The summed E-state index contributed by atoms with van der Waals surface area (Å²) in [4.78, 5) is 36.8. The number of Topliss-reactive ketones (excluding diaryl/α,β-unsaturated/α-hetero) is 2. The van der Waals surface area contributed by atoms with Crippen LogP contribution in [0, 0.1) is 0 Å². The van der Waals surface area contributed by atoms with Crippen LogP contribution in [0.5, 0.6) is 0 Å². The second kappa shape index (κ2) is 6.96. The lowest BCUT2D eigenvalue weighted by molar-refractivity contribution is -0.115. The van der Waals surface area contributed by atoms with Crippen LogP contribution < -0.4 is 5.32 Å². The van der Waals surface area contributed by atoms with Gasteiger partial charge in [-0.3, -0.25) is 9.59 Å². The lowest BCUT2D eigenvalue weighted by Gasteiger charge is -2.20. The first-order chi connectivity index (χ1) is 11.5. The van der Waals surface area contributed by atoms with Crippen molar-refractivity contribution < 1.29 is 19.1 Å². The van der Waals surface area contributed by atoms with Gasteiger partial charge in [0.15, 0.2) is 5.78 Å². The fourth-order valence-corrected chi connectivity index (χ4v) is 2.80. The number of nitrogens with one attached hydrogen (secondary N) is 1. The zero-order valence-electron chi connectivity index (χ0n) is 14.8. The summed E-state index contributed by atoms with van der Waals surface area (Å²) in [6.45, 7) is 8.61. The predicted octanol–water partition coefficient (Wildman–Crippen LogP) is 4.15. The summed E-state index contributed by atoms with van der Waals surface area (Å²) in [5.74, 6) is -0.947. The molecule has 0 radical (unpaired) electrons. The van der Waals surface area contributed by atoms with Crippen LogP contribution in [0.3, 0.4) is 0 Å². The largest absolute Gasteiger partial charge is 0.456 e. The number of anilines is 1. The average molecular weight is 406 g/mol. The molecule has 0 spiro atoms. The lowest BCUT2D eigenvalue weighted by Crippen LogP contribution is -2.25. The molecule has 0 unspecified atom stereocenters. The summed E-state index contributed by atoms with van der Waals surface area (Å²) in [7, 11) is 0. The Morgan fingerprint density at radius 2 is 1.68 bits per heavy atom. The molecule has 0 bridgehead atoms. The highest BCUT2D eigenvalue weighted by Crippen LogP contribution is 2.29. The van der Waals surface area contributed by atoms with Gasteiger partial charge in [0.1, 0.15) is 11.3 Å². The number of hydrogen-bond donors (Lipinski definition) is 1. The molecule has 25 heavy (non-hydrogen) atoms. The Morgan fingerprint density at radius 1 is 1.08 bits per heavy atom. The minimum atomic E-state index is -0.600. The van der Waals surface area contributed by atoms with E-state index in [0.29, 0.717) is 22.4 Å². The number of esters is 1. The maximum atomic E-state index is 12.5. The molecular formula is C19H20BrNO4. The molecule has 0 heterocycles. The van der Waals surface area contributed by atoms with Gasteiger partial charge >= 0.3 is 5.97 Å². The SMILES string of the molecule is CC1=C(C)C(=O)C(Nc2cccc(C(=O)OC(C)(C)C)c2)=C(Br)C1=O. The molecule has 1 N–H and O–H groups in total. The average Bonchev–Trinajstić information content (AvgIpc) is 2.54. The highest BCUT2D eigenvalue weighted by Gasteiger charge is 2.29. The molecular weight excluding hydrogens is 386 g/mol. The van der Waals surface area contributed by atoms with Crippen LogP contribution in [0.15, 0.2) is 45.6 Å². The van der Waals surface area contributed by atoms with Gasteiger partial charge in [-0.25, -0.2) is 4.79 Å². The van der Waals surface area contributed by atoms with Crippen molar-refractivity contribution in [1.82, 2.24) is 0 Å². The molecule has 1 aliphatic carbocycles. The number of carbonyl (C=O) groups is 3. The Hall–Kier alpha value is -2.21. The molecule has 1 aromatic carbocycles. The number of benzene rings is 1. The molecule has 2 rings (SSSR count). The number of allylic oxidation sites excluding steroid dienone is 3. The number of carbonyl (C=O) groups excluding carboxylic acids is 3. The fourth-order valence-electron chi connectivity index (χ4n) is 2.22. The van der Waals surface area contributed by atoms with Crippen LogP contribution in [0.1, 0.15) is 45.0 Å². The lowest BCUT2D eigenvalue weighted by atomic mass is 9.94. The molecule has 0 amide bonds. The fraction of sp³-hybridized carbons (Fsp3) is 0.316. The van der Waals surface area contributed by atoms with Gasteiger partial charge in [-0.15, -0.1) is 0 Å². The highest BCUT2D eigenvalue weighted by molar-refractivity contribution is 9.12. The molecule has 1 aliphatic rings. The van der Waals surface area contributed by atoms with Crippen LogP contribution in [0.25, 0.3) is 0 Å². The summed E-state index contributed by atoms with van der Waals surface area (Å²) in [6, 6.07) is 6.60. The second-order valence-electron chi connectivity index (χ2n) is 6.80. The Labute approximate surface area is 155 Å². The first-order valence-corrected chi connectivity index (χ1v) is 8.57. The Bertz CT molecular complexity index is 828. The summed E-state index contributed by atoms with van der Waals surface area (Å²) >= 11 is 3.19. The minimum Gasteiger partial charge on any atom is -0.456 e. The Morgan fingerprint density at radius 3 is 2.28 bits per heavy atom. The van der Waals surface area contributed by atoms with E-state index in [9.17, 15) is 14.4 Å². The summed E-state index contributed by atoms with van der Waals surface area (Å²) < 4.78 is 5.53. The molecule has 6 heteroatoms. The summed E-state index contributed by atoms with van der Waals surface area (Å²) in [5, 5.41) is 2.94. The van der Waals surface area contributed by atoms with Gasteiger partial charge in [0.2, 0.25) is 5.78 Å². The summed E-state index contributed by atoms with van der Waals surface area (Å²) in [5.41, 5.74) is 1.26. The van der Waals surface area contributed by atoms with Gasteiger partial charge < -0.3 is 10.1 Å². The van der Waals surface area contributed by atoms with E-state index in [1.165, 1.54) is 0 Å². The molecule has 0 saturated carbocycles. The van der Waals surface area contributed by atoms with E-state index in [2.05, 4.69) is 21.2 Å². The third kappa shape index (κ3) is 4.25. The third-order valence-corrected chi connectivity index (χ3v) is 4.41. The van der Waals surface area contributed by atoms with Crippen molar-refractivity contribution in [2.45, 2.75) is 40.2 Å². The molecule has 132 valence electrons. The van der Waals surface area contributed by atoms with Gasteiger partial charge in [0, 0.05) is 16.8 Å². The Kier molecular flexibility index (Phi) is 5.32. The summed E-state index contributed by atoms with van der Waals surface area (Å²) in [6.07, 6.45) is 0. The molecule has 0 fully saturated rings. The zero-order chi connectivity index (χ0) is 18.9. The third-order valence-electron chi connectivity index (χ3n) is 3.66. The van der Waals surface area contributed by atoms with Crippen LogP contribution in [0.2, 0.25) is 0 Å². The van der Waals surface area contributed by atoms with E-state index in [1.807, 2.05) is 0 Å². The van der Waals surface area contributed by atoms with Crippen LogP contribution in [-0.4, -0.2) is 23.1 Å². The number of rotatable bonds is 3. The van der Waals surface area contributed by atoms with E-state index in [4.69, 9.17) is 4.74 Å². The van der Waals surface area contributed by atoms with Crippen molar-refractivity contribution in [3.63, 3.8) is 0 Å². The molecule has 0 aromatic heterocycles. The van der Waals surface area contributed by atoms with Crippen molar-refractivity contribution in [1.29, 1.82) is 0 Å². The van der Waals surface area contributed by atoms with E-state index >= 15 is 0 Å². The van der Waals surface area contributed by atoms with Gasteiger partial charge in [-0.2, -0.15) is 0 Å². The molecule has 5 nitrogen and oxygen atoms in total. The molecule has 1 aromatic rings. The smallest absolute Gasteiger partial charge is 0.338 e. The predicted molar refractivity (Wildman–Crippen MR) is 99.6 cm³/mol. The first kappa shape index (κ1) is 19.1. The standard InChI is InChI=1S/C19H20BrNO4/c1-10-11(2)17(23)15(14(20)16(10)22)21-13-8-6-7-12(9-13)18(24)25-19(3,4)5/h6-9,21H,1-5H3. The van der Waals surface area contributed by atoms with Gasteiger partial charge in [0.05, 0.1) is 10.0 Å². The van der Waals surface area contributed by atoms with E-state index in [1.54, 1.807) is 58.9 Å². The van der Waals surface area contributed by atoms with Gasteiger partial charge in [-0.05, 0) is 68.7 Å². The molecule has 0 aliphatic heterocycles. The highest BCUT2D eigenvalue weighted by atomic mass is 79.9. The number of ether oxygens (including phenoxy) is 1. The van der Waals surface area contributed by atoms with Crippen molar-refractivity contribution in [2.24, 2.45) is 0 Å². The first-order valence-electron chi connectivity index (χ1n) is 7.78. The minimum absolute atomic E-state index is 0.162. The maximum Gasteiger partial charge on any atom is 0.338 e. The molecule has 0 saturated heterocycles. The maximum absolute atomic E-state index is 12.5. The van der Waals surface area contributed by atoms with E-state index in [-0.39, 0.29) is 21.7 Å². The zero-order valence-corrected chi connectivity index (χ0v) is 16.4. The van der Waals surface area contributed by atoms with E-state index < -0.39 is 11.6 Å². The van der Waals surface area contributed by atoms with Crippen molar-refractivity contribution >= 4 is 39.2 Å².